The summed E-state index contributed by atoms with van der Waals surface area (Å²) >= 11 is 7.82. The van der Waals surface area contributed by atoms with Crippen LogP contribution in [0.2, 0.25) is 5.02 Å². The van der Waals surface area contributed by atoms with E-state index >= 15 is 0 Å². The lowest BCUT2D eigenvalue weighted by Gasteiger charge is -2.40. The fourth-order valence-corrected chi connectivity index (χ4v) is 4.34. The van der Waals surface area contributed by atoms with Crippen molar-refractivity contribution in [3.8, 4) is 0 Å². The van der Waals surface area contributed by atoms with Crippen molar-refractivity contribution in [1.82, 2.24) is 5.32 Å². The third kappa shape index (κ3) is 4.12. The highest BCUT2D eigenvalue weighted by molar-refractivity contribution is 8.00. The number of rotatable bonds is 5. The molecule has 0 bridgehead atoms. The van der Waals surface area contributed by atoms with Crippen molar-refractivity contribution in [2.75, 3.05) is 13.2 Å². The number of likely N-dealkylation sites (N-methyl/N-ethyl adjacent to an activating group) is 1. The van der Waals surface area contributed by atoms with Gasteiger partial charge in [-0.15, -0.1) is 11.8 Å². The molecule has 106 valence electrons. The quantitative estimate of drug-likeness (QED) is 0.869. The average molecular weight is 300 g/mol. The SMILES string of the molecule is CCNC1(CO)CCCC(Sc2ccc(Cl)cc2)C1. The van der Waals surface area contributed by atoms with Crippen molar-refractivity contribution < 1.29 is 5.11 Å². The fraction of sp³-hybridized carbons (Fsp3) is 0.600. The summed E-state index contributed by atoms with van der Waals surface area (Å²) in [6.45, 7) is 3.25. The van der Waals surface area contributed by atoms with Gasteiger partial charge in [0.05, 0.1) is 6.61 Å². The van der Waals surface area contributed by atoms with Crippen LogP contribution in [0, 0.1) is 0 Å². The Hall–Kier alpha value is -0.220. The van der Waals surface area contributed by atoms with Crippen LogP contribution in [0.25, 0.3) is 0 Å². The minimum absolute atomic E-state index is 0.0723. The van der Waals surface area contributed by atoms with Gasteiger partial charge in [0.15, 0.2) is 0 Å². The summed E-state index contributed by atoms with van der Waals surface area (Å²) in [6.07, 6.45) is 4.51. The smallest absolute Gasteiger partial charge is 0.0613 e. The summed E-state index contributed by atoms with van der Waals surface area (Å²) < 4.78 is 0. The van der Waals surface area contributed by atoms with E-state index in [-0.39, 0.29) is 12.1 Å². The van der Waals surface area contributed by atoms with Crippen LogP contribution >= 0.6 is 23.4 Å². The van der Waals surface area contributed by atoms with E-state index in [0.29, 0.717) is 5.25 Å². The molecule has 1 aromatic rings. The van der Waals surface area contributed by atoms with Crippen molar-refractivity contribution in [3.63, 3.8) is 0 Å². The van der Waals surface area contributed by atoms with Gasteiger partial charge in [-0.3, -0.25) is 0 Å². The van der Waals surface area contributed by atoms with E-state index in [9.17, 15) is 5.11 Å². The molecule has 2 N–H and O–H groups in total. The van der Waals surface area contributed by atoms with Crippen LogP contribution in [-0.2, 0) is 0 Å². The largest absolute Gasteiger partial charge is 0.394 e. The Morgan fingerprint density at radius 2 is 2.16 bits per heavy atom. The monoisotopic (exact) mass is 299 g/mol. The third-order valence-corrected chi connectivity index (χ3v) is 5.30. The zero-order chi connectivity index (χ0) is 13.7. The van der Waals surface area contributed by atoms with Crippen molar-refractivity contribution in [3.05, 3.63) is 29.3 Å². The molecule has 0 radical (unpaired) electrons. The minimum atomic E-state index is -0.0723. The van der Waals surface area contributed by atoms with E-state index in [4.69, 9.17) is 11.6 Å². The number of thioether (sulfide) groups is 1. The van der Waals surface area contributed by atoms with E-state index < -0.39 is 0 Å². The van der Waals surface area contributed by atoms with Gasteiger partial charge in [-0.25, -0.2) is 0 Å². The first-order valence-electron chi connectivity index (χ1n) is 6.95. The number of nitrogens with one attached hydrogen (secondary N) is 1. The maximum absolute atomic E-state index is 9.70. The second-order valence-electron chi connectivity index (χ2n) is 5.26. The lowest BCUT2D eigenvalue weighted by atomic mass is 9.82. The number of aliphatic hydroxyl groups is 1. The lowest BCUT2D eigenvalue weighted by Crippen LogP contribution is -2.52. The number of benzene rings is 1. The van der Waals surface area contributed by atoms with Gasteiger partial charge in [-0.1, -0.05) is 24.9 Å². The molecule has 19 heavy (non-hydrogen) atoms. The zero-order valence-electron chi connectivity index (χ0n) is 11.4. The Morgan fingerprint density at radius 3 is 2.79 bits per heavy atom. The van der Waals surface area contributed by atoms with Gasteiger partial charge in [0.1, 0.15) is 0 Å². The van der Waals surface area contributed by atoms with Crippen LogP contribution in [-0.4, -0.2) is 29.0 Å². The molecule has 2 unspecified atom stereocenters. The molecule has 0 amide bonds. The standard InChI is InChI=1S/C15H22ClNOS/c1-2-17-15(11-18)9-3-4-14(10-15)19-13-7-5-12(16)6-8-13/h5-8,14,17-18H,2-4,9-11H2,1H3. The summed E-state index contributed by atoms with van der Waals surface area (Å²) in [5, 5.41) is 14.5. The van der Waals surface area contributed by atoms with Crippen molar-refractivity contribution in [2.24, 2.45) is 0 Å². The first-order chi connectivity index (χ1) is 9.17. The van der Waals surface area contributed by atoms with Crippen LogP contribution in [0.4, 0.5) is 0 Å². The highest BCUT2D eigenvalue weighted by Crippen LogP contribution is 2.38. The van der Waals surface area contributed by atoms with Crippen molar-refractivity contribution in [1.29, 1.82) is 0 Å². The summed E-state index contributed by atoms with van der Waals surface area (Å²) in [6, 6.07) is 8.04. The van der Waals surface area contributed by atoms with Gasteiger partial charge in [0.2, 0.25) is 0 Å². The van der Waals surface area contributed by atoms with E-state index in [1.54, 1.807) is 0 Å². The molecule has 2 rings (SSSR count). The average Bonchev–Trinajstić information content (AvgIpc) is 2.42. The Balaban J connectivity index is 1.99. The van der Waals surface area contributed by atoms with Crippen LogP contribution in [0.1, 0.15) is 32.6 Å². The molecule has 1 fully saturated rings. The van der Waals surface area contributed by atoms with Crippen LogP contribution in [0.15, 0.2) is 29.2 Å². The molecule has 2 atom stereocenters. The second-order valence-corrected chi connectivity index (χ2v) is 7.07. The molecule has 0 heterocycles. The van der Waals surface area contributed by atoms with Crippen molar-refractivity contribution in [2.45, 2.75) is 48.3 Å². The summed E-state index contributed by atoms with van der Waals surface area (Å²) in [7, 11) is 0. The lowest BCUT2D eigenvalue weighted by molar-refractivity contribution is 0.125. The molecule has 4 heteroatoms. The molecule has 1 aliphatic rings. The molecule has 1 aliphatic carbocycles. The Bertz CT molecular complexity index is 394. The van der Waals surface area contributed by atoms with E-state index in [1.807, 2.05) is 23.9 Å². The zero-order valence-corrected chi connectivity index (χ0v) is 12.9. The maximum Gasteiger partial charge on any atom is 0.0613 e. The van der Waals surface area contributed by atoms with Gasteiger partial charge >= 0.3 is 0 Å². The molecule has 1 saturated carbocycles. The summed E-state index contributed by atoms with van der Waals surface area (Å²) in [5.74, 6) is 0. The maximum atomic E-state index is 9.70. The highest BCUT2D eigenvalue weighted by Gasteiger charge is 2.35. The molecular formula is C15H22ClNOS. The van der Waals surface area contributed by atoms with Gasteiger partial charge in [-0.2, -0.15) is 0 Å². The second kappa shape index (κ2) is 6.98. The van der Waals surface area contributed by atoms with Gasteiger partial charge < -0.3 is 10.4 Å². The number of halogens is 1. The fourth-order valence-electron chi connectivity index (χ4n) is 2.85. The predicted molar refractivity (Wildman–Crippen MR) is 83.1 cm³/mol. The van der Waals surface area contributed by atoms with Crippen molar-refractivity contribution >= 4 is 23.4 Å². The minimum Gasteiger partial charge on any atom is -0.394 e. The molecule has 2 nitrogen and oxygen atoms in total. The molecule has 0 spiro atoms. The van der Waals surface area contributed by atoms with E-state index in [1.165, 1.54) is 17.7 Å². The normalized spacial score (nSPS) is 27.4. The van der Waals surface area contributed by atoms with Crippen LogP contribution < -0.4 is 5.32 Å². The molecule has 1 aromatic carbocycles. The Kier molecular flexibility index (Phi) is 5.58. The predicted octanol–water partition coefficient (Wildman–Crippen LogP) is 3.72. The number of hydrogen-bond acceptors (Lipinski definition) is 3. The molecule has 0 aromatic heterocycles. The summed E-state index contributed by atoms with van der Waals surface area (Å²) in [5.41, 5.74) is -0.0723. The Morgan fingerprint density at radius 1 is 1.42 bits per heavy atom. The Labute approximate surface area is 124 Å². The highest BCUT2D eigenvalue weighted by atomic mass is 35.5. The first-order valence-corrected chi connectivity index (χ1v) is 8.21. The summed E-state index contributed by atoms with van der Waals surface area (Å²) in [4.78, 5) is 1.26. The van der Waals surface area contributed by atoms with E-state index in [2.05, 4.69) is 24.4 Å². The molecule has 0 saturated heterocycles. The first kappa shape index (κ1) is 15.2. The third-order valence-electron chi connectivity index (χ3n) is 3.77. The van der Waals surface area contributed by atoms with Gasteiger partial charge in [0, 0.05) is 20.7 Å². The topological polar surface area (TPSA) is 32.3 Å². The number of hydrogen-bond donors (Lipinski definition) is 2. The molecule has 0 aliphatic heterocycles. The van der Waals surface area contributed by atoms with Gasteiger partial charge in [0.25, 0.3) is 0 Å². The number of aliphatic hydroxyl groups excluding tert-OH is 1. The van der Waals surface area contributed by atoms with Crippen LogP contribution in [0.5, 0.6) is 0 Å². The van der Waals surface area contributed by atoms with Crippen LogP contribution in [0.3, 0.4) is 0 Å². The molecular weight excluding hydrogens is 278 g/mol. The van der Waals surface area contributed by atoms with Gasteiger partial charge in [-0.05, 0) is 50.1 Å². The van der Waals surface area contributed by atoms with E-state index in [0.717, 1.165) is 24.4 Å².